The Morgan fingerprint density at radius 1 is 1.35 bits per heavy atom. The Kier molecular flexibility index (Phi) is 5.80. The Labute approximate surface area is 118 Å². The number of nitrogens with one attached hydrogen (secondary N) is 1. The van der Waals surface area contributed by atoms with Gasteiger partial charge in [0, 0.05) is 19.9 Å². The molecular formula is C15H20F2N2O. The summed E-state index contributed by atoms with van der Waals surface area (Å²) in [7, 11) is 1.57. The molecule has 110 valence electrons. The van der Waals surface area contributed by atoms with Crippen molar-refractivity contribution in [3.05, 3.63) is 35.4 Å². The maximum absolute atomic E-state index is 13.2. The van der Waals surface area contributed by atoms with Gasteiger partial charge in [-0.3, -0.25) is 10.2 Å². The summed E-state index contributed by atoms with van der Waals surface area (Å²) in [5, 5.41) is 7.73. The van der Waals surface area contributed by atoms with E-state index >= 15 is 0 Å². The first kappa shape index (κ1) is 16.3. The van der Waals surface area contributed by atoms with Gasteiger partial charge in [-0.15, -0.1) is 0 Å². The van der Waals surface area contributed by atoms with Crippen molar-refractivity contribution in [1.82, 2.24) is 4.90 Å². The monoisotopic (exact) mass is 282 g/mol. The van der Waals surface area contributed by atoms with E-state index in [2.05, 4.69) is 0 Å². The number of benzene rings is 1. The molecule has 1 rings (SSSR count). The maximum atomic E-state index is 13.2. The van der Waals surface area contributed by atoms with Gasteiger partial charge >= 0.3 is 0 Å². The lowest BCUT2D eigenvalue weighted by atomic mass is 9.97. The van der Waals surface area contributed by atoms with Gasteiger partial charge in [-0.05, 0) is 30.0 Å². The molecule has 0 aliphatic carbocycles. The van der Waals surface area contributed by atoms with Crippen LogP contribution in [0, 0.1) is 17.0 Å². The van der Waals surface area contributed by atoms with Crippen LogP contribution in [-0.4, -0.2) is 23.7 Å². The summed E-state index contributed by atoms with van der Waals surface area (Å²) in [6.07, 6.45) is 1.50. The summed E-state index contributed by atoms with van der Waals surface area (Å²) in [5.74, 6) is -1.95. The highest BCUT2D eigenvalue weighted by molar-refractivity contribution is 5.96. The number of hydrogen-bond donors (Lipinski definition) is 1. The molecule has 0 aromatic heterocycles. The smallest absolute Gasteiger partial charge is 0.228 e. The first-order valence-corrected chi connectivity index (χ1v) is 6.65. The quantitative estimate of drug-likeness (QED) is 0.649. The molecule has 0 radical (unpaired) electrons. The van der Waals surface area contributed by atoms with Crippen molar-refractivity contribution in [3.8, 4) is 0 Å². The third-order valence-corrected chi connectivity index (χ3v) is 3.26. The Bertz CT molecular complexity index is 503. The third kappa shape index (κ3) is 4.11. The first-order chi connectivity index (χ1) is 9.36. The SMILES string of the molecule is CCCC(=N)N(C)C(=O)CC(C)c1ccc(F)c(F)c1. The van der Waals surface area contributed by atoms with E-state index < -0.39 is 11.6 Å². The van der Waals surface area contributed by atoms with Crippen molar-refractivity contribution >= 4 is 11.7 Å². The van der Waals surface area contributed by atoms with E-state index in [1.165, 1.54) is 11.0 Å². The van der Waals surface area contributed by atoms with E-state index in [9.17, 15) is 13.6 Å². The van der Waals surface area contributed by atoms with Gasteiger partial charge in [0.15, 0.2) is 11.6 Å². The van der Waals surface area contributed by atoms with Gasteiger partial charge in [0.1, 0.15) is 5.84 Å². The van der Waals surface area contributed by atoms with Crippen molar-refractivity contribution in [3.63, 3.8) is 0 Å². The molecule has 0 bridgehead atoms. The Morgan fingerprint density at radius 2 is 2.00 bits per heavy atom. The molecule has 1 amide bonds. The molecule has 0 fully saturated rings. The minimum Gasteiger partial charge on any atom is -0.304 e. The van der Waals surface area contributed by atoms with Crippen LogP contribution in [0.25, 0.3) is 0 Å². The van der Waals surface area contributed by atoms with Crippen LogP contribution < -0.4 is 0 Å². The second kappa shape index (κ2) is 7.12. The zero-order valence-electron chi connectivity index (χ0n) is 12.0. The molecule has 1 aromatic carbocycles. The van der Waals surface area contributed by atoms with Gasteiger partial charge in [-0.25, -0.2) is 8.78 Å². The number of hydrogen-bond acceptors (Lipinski definition) is 2. The zero-order chi connectivity index (χ0) is 15.3. The highest BCUT2D eigenvalue weighted by Gasteiger charge is 2.18. The molecule has 20 heavy (non-hydrogen) atoms. The topological polar surface area (TPSA) is 44.2 Å². The number of amides is 1. The molecule has 0 saturated heterocycles. The highest BCUT2D eigenvalue weighted by atomic mass is 19.2. The van der Waals surface area contributed by atoms with Gasteiger partial charge in [0.25, 0.3) is 0 Å². The maximum Gasteiger partial charge on any atom is 0.228 e. The minimum atomic E-state index is -0.908. The van der Waals surface area contributed by atoms with Crippen LogP contribution in [-0.2, 0) is 4.79 Å². The minimum absolute atomic E-state index is 0.160. The van der Waals surface area contributed by atoms with Crippen LogP contribution in [0.15, 0.2) is 18.2 Å². The average molecular weight is 282 g/mol. The number of carbonyl (C=O) groups excluding carboxylic acids is 1. The Balaban J connectivity index is 2.69. The summed E-state index contributed by atoms with van der Waals surface area (Å²) in [4.78, 5) is 13.3. The second-order valence-electron chi connectivity index (χ2n) is 4.93. The van der Waals surface area contributed by atoms with Crippen molar-refractivity contribution in [2.75, 3.05) is 7.05 Å². The number of halogens is 2. The summed E-state index contributed by atoms with van der Waals surface area (Å²) < 4.78 is 26.0. The van der Waals surface area contributed by atoms with Gasteiger partial charge in [-0.2, -0.15) is 0 Å². The molecular weight excluding hydrogens is 262 g/mol. The lowest BCUT2D eigenvalue weighted by Gasteiger charge is -2.20. The van der Waals surface area contributed by atoms with Crippen LogP contribution >= 0.6 is 0 Å². The fraction of sp³-hybridized carbons (Fsp3) is 0.467. The number of rotatable bonds is 5. The molecule has 1 aromatic rings. The molecule has 1 unspecified atom stereocenters. The summed E-state index contributed by atoms with van der Waals surface area (Å²) in [6, 6.07) is 3.66. The molecule has 1 atom stereocenters. The molecule has 0 saturated carbocycles. The normalized spacial score (nSPS) is 12.1. The van der Waals surface area contributed by atoms with E-state index in [4.69, 9.17) is 5.41 Å². The molecule has 0 aliphatic rings. The zero-order valence-corrected chi connectivity index (χ0v) is 12.0. The van der Waals surface area contributed by atoms with E-state index in [1.54, 1.807) is 14.0 Å². The van der Waals surface area contributed by atoms with Gasteiger partial charge in [-0.1, -0.05) is 19.9 Å². The molecule has 0 heterocycles. The molecule has 3 nitrogen and oxygen atoms in total. The van der Waals surface area contributed by atoms with Crippen molar-refractivity contribution < 1.29 is 13.6 Å². The largest absolute Gasteiger partial charge is 0.304 e. The fourth-order valence-electron chi connectivity index (χ4n) is 1.89. The predicted octanol–water partition coefficient (Wildman–Crippen LogP) is 3.69. The van der Waals surface area contributed by atoms with Gasteiger partial charge in [0.2, 0.25) is 5.91 Å². The van der Waals surface area contributed by atoms with Crippen LogP contribution in [0.3, 0.4) is 0 Å². The summed E-state index contributed by atoms with van der Waals surface area (Å²) in [5.41, 5.74) is 0.577. The lowest BCUT2D eigenvalue weighted by Crippen LogP contribution is -2.33. The number of amidine groups is 1. The number of nitrogens with zero attached hydrogens (tertiary/aromatic N) is 1. The van der Waals surface area contributed by atoms with Crippen LogP contribution in [0.1, 0.15) is 44.6 Å². The van der Waals surface area contributed by atoms with Crippen molar-refractivity contribution in [1.29, 1.82) is 5.41 Å². The molecule has 0 aliphatic heterocycles. The lowest BCUT2D eigenvalue weighted by molar-refractivity contribution is -0.126. The highest BCUT2D eigenvalue weighted by Crippen LogP contribution is 2.22. The molecule has 0 spiro atoms. The van der Waals surface area contributed by atoms with Gasteiger partial charge in [0.05, 0.1) is 0 Å². The van der Waals surface area contributed by atoms with E-state index in [-0.39, 0.29) is 24.1 Å². The second-order valence-corrected chi connectivity index (χ2v) is 4.93. The first-order valence-electron chi connectivity index (χ1n) is 6.65. The summed E-state index contributed by atoms with van der Waals surface area (Å²) >= 11 is 0. The fourth-order valence-corrected chi connectivity index (χ4v) is 1.89. The third-order valence-electron chi connectivity index (χ3n) is 3.26. The average Bonchev–Trinajstić information content (AvgIpc) is 2.41. The molecule has 5 heteroatoms. The predicted molar refractivity (Wildman–Crippen MR) is 74.8 cm³/mol. The van der Waals surface area contributed by atoms with E-state index in [1.807, 2.05) is 6.92 Å². The molecule has 1 N–H and O–H groups in total. The van der Waals surface area contributed by atoms with E-state index in [0.29, 0.717) is 12.0 Å². The Morgan fingerprint density at radius 3 is 2.55 bits per heavy atom. The van der Waals surface area contributed by atoms with E-state index in [0.717, 1.165) is 18.6 Å². The van der Waals surface area contributed by atoms with Crippen molar-refractivity contribution in [2.45, 2.75) is 39.0 Å². The Hall–Kier alpha value is -1.78. The van der Waals surface area contributed by atoms with Crippen LogP contribution in [0.4, 0.5) is 8.78 Å². The van der Waals surface area contributed by atoms with Gasteiger partial charge < -0.3 is 4.90 Å². The van der Waals surface area contributed by atoms with Crippen molar-refractivity contribution in [2.24, 2.45) is 0 Å². The standard InChI is InChI=1S/C15H20F2N2O/c1-4-5-14(18)19(3)15(20)8-10(2)11-6-7-12(16)13(17)9-11/h6-7,9-10,18H,4-5,8H2,1-3H3. The van der Waals surface area contributed by atoms with Crippen LogP contribution in [0.5, 0.6) is 0 Å². The number of carbonyl (C=O) groups is 1. The van der Waals surface area contributed by atoms with Crippen LogP contribution in [0.2, 0.25) is 0 Å². The summed E-state index contributed by atoms with van der Waals surface area (Å²) in [6.45, 7) is 3.72.